The zero-order chi connectivity index (χ0) is 24.5. The Bertz CT molecular complexity index is 897. The number of carbonyl (C=O) groups excluding carboxylic acids is 1. The second kappa shape index (κ2) is 12.7. The number of carbonyl (C=O) groups is 1. The number of rotatable bonds is 6. The van der Waals surface area contributed by atoms with Crippen LogP contribution in [0.1, 0.15) is 51.5 Å². The largest absolute Gasteiger partial charge is 0.504 e. The molecule has 2 fully saturated rings. The van der Waals surface area contributed by atoms with Crippen LogP contribution in [-0.2, 0) is 11.2 Å². The number of amides is 1. The Balaban J connectivity index is 0.000000469. The standard InChI is InChI=1S/C22H28N2O4.C6H12/c1-16(25)12-22(27)24-11-10-23(18-8-9-21(28-2)20(26)14-18)15-19(24)13-17-6-4-3-5-7-17;1-6-4-2-3-5-6/h3-9,14,16,19,25-26H,10-13,15H2,1-2H3;6H,2-5H2,1H3/t16-,19-;/m0./s1. The molecule has 1 saturated carbocycles. The number of hydrogen-bond donors (Lipinski definition) is 2. The summed E-state index contributed by atoms with van der Waals surface area (Å²) in [5, 5.41) is 19.8. The van der Waals surface area contributed by atoms with Gasteiger partial charge in [0.15, 0.2) is 11.5 Å². The number of nitrogens with zero attached hydrogens (tertiary/aromatic N) is 2. The molecule has 2 atom stereocenters. The molecule has 6 nitrogen and oxygen atoms in total. The number of phenols is 1. The zero-order valence-electron chi connectivity index (χ0n) is 20.8. The molecule has 2 aromatic carbocycles. The van der Waals surface area contributed by atoms with Crippen molar-refractivity contribution in [1.29, 1.82) is 0 Å². The fourth-order valence-corrected chi connectivity index (χ4v) is 4.85. The molecule has 2 N–H and O–H groups in total. The third kappa shape index (κ3) is 7.39. The first-order chi connectivity index (χ1) is 16.4. The summed E-state index contributed by atoms with van der Waals surface area (Å²) in [6.07, 6.45) is 6.17. The van der Waals surface area contributed by atoms with E-state index in [1.165, 1.54) is 38.4 Å². The van der Waals surface area contributed by atoms with Gasteiger partial charge in [-0.3, -0.25) is 4.79 Å². The van der Waals surface area contributed by atoms with Crippen molar-refractivity contribution in [2.75, 3.05) is 31.6 Å². The predicted molar refractivity (Wildman–Crippen MR) is 136 cm³/mol. The topological polar surface area (TPSA) is 73.2 Å². The van der Waals surface area contributed by atoms with Crippen LogP contribution in [0.4, 0.5) is 5.69 Å². The molecular weight excluding hydrogens is 428 g/mol. The van der Waals surface area contributed by atoms with E-state index in [1.54, 1.807) is 19.1 Å². The smallest absolute Gasteiger partial charge is 0.225 e. The Kier molecular flexibility index (Phi) is 9.63. The van der Waals surface area contributed by atoms with Crippen molar-refractivity contribution in [2.24, 2.45) is 5.92 Å². The van der Waals surface area contributed by atoms with Crippen LogP contribution in [0, 0.1) is 5.92 Å². The lowest BCUT2D eigenvalue weighted by Crippen LogP contribution is -2.56. The number of phenolic OH excluding ortho intramolecular Hbond substituents is 1. The molecular formula is C28H40N2O4. The van der Waals surface area contributed by atoms with Crippen LogP contribution in [-0.4, -0.2) is 59.9 Å². The van der Waals surface area contributed by atoms with Crippen LogP contribution in [0.2, 0.25) is 0 Å². The van der Waals surface area contributed by atoms with Crippen molar-refractivity contribution in [3.05, 3.63) is 54.1 Å². The molecule has 0 radical (unpaired) electrons. The second-order valence-corrected chi connectivity index (χ2v) is 9.68. The van der Waals surface area contributed by atoms with Crippen molar-refractivity contribution in [1.82, 2.24) is 4.90 Å². The minimum atomic E-state index is -0.651. The van der Waals surface area contributed by atoms with Gasteiger partial charge in [0, 0.05) is 31.4 Å². The van der Waals surface area contributed by atoms with Crippen molar-refractivity contribution < 1.29 is 19.7 Å². The van der Waals surface area contributed by atoms with Crippen LogP contribution >= 0.6 is 0 Å². The van der Waals surface area contributed by atoms with E-state index in [0.29, 0.717) is 25.4 Å². The fraction of sp³-hybridized carbons (Fsp3) is 0.536. The summed E-state index contributed by atoms with van der Waals surface area (Å²) in [4.78, 5) is 16.7. The zero-order valence-corrected chi connectivity index (χ0v) is 20.8. The lowest BCUT2D eigenvalue weighted by Gasteiger charge is -2.43. The van der Waals surface area contributed by atoms with Gasteiger partial charge >= 0.3 is 0 Å². The highest BCUT2D eigenvalue weighted by Crippen LogP contribution is 2.32. The number of piperazine rings is 1. The molecule has 34 heavy (non-hydrogen) atoms. The van der Waals surface area contributed by atoms with Gasteiger partial charge in [-0.2, -0.15) is 0 Å². The first-order valence-electron chi connectivity index (χ1n) is 12.5. The lowest BCUT2D eigenvalue weighted by molar-refractivity contribution is -0.135. The number of aromatic hydroxyl groups is 1. The number of benzene rings is 2. The van der Waals surface area contributed by atoms with Crippen LogP contribution in [0.3, 0.4) is 0 Å². The summed E-state index contributed by atoms with van der Waals surface area (Å²) in [5.41, 5.74) is 2.07. The monoisotopic (exact) mass is 468 g/mol. The summed E-state index contributed by atoms with van der Waals surface area (Å²) in [7, 11) is 1.52. The first kappa shape index (κ1) is 25.9. The number of aliphatic hydroxyl groups is 1. The Morgan fingerprint density at radius 2 is 1.82 bits per heavy atom. The van der Waals surface area contributed by atoms with Crippen molar-refractivity contribution in [2.45, 2.75) is 64.5 Å². The SMILES string of the molecule is CC1CCCC1.COc1ccc(N2CCN(C(=O)C[C@H](C)O)[C@@H](Cc3ccccc3)C2)cc1O. The van der Waals surface area contributed by atoms with Gasteiger partial charge in [-0.25, -0.2) is 0 Å². The van der Waals surface area contributed by atoms with Crippen molar-refractivity contribution >= 4 is 11.6 Å². The molecule has 0 spiro atoms. The Morgan fingerprint density at radius 3 is 2.38 bits per heavy atom. The molecule has 2 aliphatic rings. The summed E-state index contributed by atoms with van der Waals surface area (Å²) in [6, 6.07) is 15.5. The molecule has 1 aliphatic heterocycles. The average molecular weight is 469 g/mol. The number of aliphatic hydroxyl groups excluding tert-OH is 1. The van der Waals surface area contributed by atoms with Crippen molar-refractivity contribution in [3.8, 4) is 11.5 Å². The maximum atomic E-state index is 12.7. The van der Waals surface area contributed by atoms with Gasteiger partial charge in [0.05, 0.1) is 25.7 Å². The van der Waals surface area contributed by atoms with Gasteiger partial charge in [0.25, 0.3) is 0 Å². The molecule has 1 aliphatic carbocycles. The van der Waals surface area contributed by atoms with E-state index in [1.807, 2.05) is 29.2 Å². The third-order valence-corrected chi connectivity index (χ3v) is 6.76. The third-order valence-electron chi connectivity index (χ3n) is 6.76. The predicted octanol–water partition coefficient (Wildman–Crippen LogP) is 4.63. The lowest BCUT2D eigenvalue weighted by atomic mass is 10.0. The van der Waals surface area contributed by atoms with Crippen LogP contribution in [0.15, 0.2) is 48.5 Å². The molecule has 4 rings (SSSR count). The van der Waals surface area contributed by atoms with E-state index in [4.69, 9.17) is 4.74 Å². The minimum absolute atomic E-state index is 0.00774. The van der Waals surface area contributed by atoms with Gasteiger partial charge in [-0.1, -0.05) is 62.9 Å². The van der Waals surface area contributed by atoms with E-state index in [2.05, 4.69) is 24.0 Å². The van der Waals surface area contributed by atoms with Crippen molar-refractivity contribution in [3.63, 3.8) is 0 Å². The molecule has 1 amide bonds. The van der Waals surface area contributed by atoms with E-state index in [0.717, 1.165) is 18.0 Å². The van der Waals surface area contributed by atoms with E-state index >= 15 is 0 Å². The number of methoxy groups -OCH3 is 1. The Labute approximate surface area is 204 Å². The Morgan fingerprint density at radius 1 is 1.12 bits per heavy atom. The van der Waals surface area contributed by atoms with Crippen LogP contribution < -0.4 is 9.64 Å². The highest BCUT2D eigenvalue weighted by atomic mass is 16.5. The highest BCUT2D eigenvalue weighted by Gasteiger charge is 2.31. The summed E-state index contributed by atoms with van der Waals surface area (Å²) >= 11 is 0. The molecule has 0 aromatic heterocycles. The van der Waals surface area contributed by atoms with Crippen LogP contribution in [0.25, 0.3) is 0 Å². The minimum Gasteiger partial charge on any atom is -0.504 e. The average Bonchev–Trinajstić information content (AvgIpc) is 3.30. The molecule has 0 unspecified atom stereocenters. The van der Waals surface area contributed by atoms with Crippen LogP contribution in [0.5, 0.6) is 11.5 Å². The summed E-state index contributed by atoms with van der Waals surface area (Å²) < 4.78 is 5.13. The molecule has 2 aromatic rings. The fourth-order valence-electron chi connectivity index (χ4n) is 4.85. The number of ether oxygens (including phenoxy) is 1. The Hall–Kier alpha value is -2.73. The maximum absolute atomic E-state index is 12.7. The van der Waals surface area contributed by atoms with E-state index in [-0.39, 0.29) is 24.1 Å². The normalized spacial score (nSPS) is 19.4. The first-order valence-corrected chi connectivity index (χ1v) is 12.5. The number of hydrogen-bond acceptors (Lipinski definition) is 5. The van der Waals surface area contributed by atoms with E-state index in [9.17, 15) is 15.0 Å². The molecule has 1 saturated heterocycles. The molecule has 1 heterocycles. The quantitative estimate of drug-likeness (QED) is 0.647. The van der Waals surface area contributed by atoms with E-state index < -0.39 is 6.10 Å². The second-order valence-electron chi connectivity index (χ2n) is 9.68. The molecule has 0 bridgehead atoms. The molecule has 6 heteroatoms. The van der Waals surface area contributed by atoms with Gasteiger partial charge in [0.1, 0.15) is 0 Å². The summed E-state index contributed by atoms with van der Waals surface area (Å²) in [5.74, 6) is 1.57. The maximum Gasteiger partial charge on any atom is 0.225 e. The number of anilines is 1. The highest BCUT2D eigenvalue weighted by molar-refractivity contribution is 5.77. The molecule has 186 valence electrons. The van der Waals surface area contributed by atoms with Gasteiger partial charge in [-0.05, 0) is 37.0 Å². The van der Waals surface area contributed by atoms with Gasteiger partial charge in [0.2, 0.25) is 5.91 Å². The van der Waals surface area contributed by atoms with Gasteiger partial charge in [-0.15, -0.1) is 0 Å². The summed E-state index contributed by atoms with van der Waals surface area (Å²) in [6.45, 7) is 5.89. The van der Waals surface area contributed by atoms with Gasteiger partial charge < -0.3 is 24.7 Å².